The van der Waals surface area contributed by atoms with E-state index in [1.54, 1.807) is 0 Å². The molecule has 0 spiro atoms. The van der Waals surface area contributed by atoms with E-state index in [2.05, 4.69) is 0 Å². The Hall–Kier alpha value is -0.560. The summed E-state index contributed by atoms with van der Waals surface area (Å²) in [5, 5.41) is 0. The zero-order chi connectivity index (χ0) is 10.2. The topological polar surface area (TPSA) is 0 Å². The van der Waals surface area contributed by atoms with Gasteiger partial charge in [-0.1, -0.05) is 0 Å². The Morgan fingerprint density at radius 3 is 1.17 bits per heavy atom. The molecule has 0 aromatic rings. The van der Waals surface area contributed by atoms with E-state index in [4.69, 9.17) is 0 Å². The van der Waals surface area contributed by atoms with Crippen LogP contribution >= 0.6 is 0 Å². The Kier molecular flexibility index (Phi) is 2.61. The van der Waals surface area contributed by atoms with Gasteiger partial charge in [0, 0.05) is 0 Å². The Labute approximate surface area is 61.2 Å². The third kappa shape index (κ3) is 1.61. The summed E-state index contributed by atoms with van der Waals surface area (Å²) >= 11 is 0. The molecule has 0 aliphatic rings. The van der Waals surface area contributed by atoms with Crippen LogP contribution in [-0.2, 0) is 0 Å². The lowest BCUT2D eigenvalue weighted by molar-refractivity contribution is -0.349. The quantitative estimate of drug-likeness (QED) is 0.602. The van der Waals surface area contributed by atoms with Gasteiger partial charge in [-0.15, -0.1) is 0 Å². The molecule has 0 saturated heterocycles. The maximum Gasteiger partial charge on any atom is 0.459 e. The second-order valence-corrected chi connectivity index (χ2v) is 1.80. The van der Waals surface area contributed by atoms with Crippen LogP contribution in [0.1, 0.15) is 0 Å². The number of hydrogen-bond donors (Lipinski definition) is 0. The van der Waals surface area contributed by atoms with Crippen LogP contribution in [0.5, 0.6) is 0 Å². The number of hydrogen-bond acceptors (Lipinski definition) is 0. The molecular weight excluding hydrogens is 200 g/mol. The van der Waals surface area contributed by atoms with Gasteiger partial charge in [-0.25, -0.2) is 4.39 Å². The van der Waals surface area contributed by atoms with Crippen molar-refractivity contribution >= 4 is 0 Å². The molecule has 0 atom stereocenters. The van der Waals surface area contributed by atoms with E-state index in [0.29, 0.717) is 0 Å². The van der Waals surface area contributed by atoms with E-state index < -0.39 is 24.7 Å². The fourth-order valence-corrected chi connectivity index (χ4v) is 0.257. The lowest BCUT2D eigenvalue weighted by Gasteiger charge is -2.25. The first-order chi connectivity index (χ1) is 5.06. The predicted octanol–water partition coefficient (Wildman–Crippen LogP) is 2.95. The van der Waals surface area contributed by atoms with E-state index in [-0.39, 0.29) is 0 Å². The van der Waals surface area contributed by atoms with Gasteiger partial charge in [-0.3, -0.25) is 0 Å². The Morgan fingerprint density at radius 2 is 1.08 bits per heavy atom. The lowest BCUT2D eigenvalue weighted by Crippen LogP contribution is -2.51. The minimum absolute atomic E-state index is 1.99. The molecular formula is C4HF8. The molecule has 0 aliphatic heterocycles. The first kappa shape index (κ1) is 11.4. The minimum atomic E-state index is -6.47. The first-order valence-corrected chi connectivity index (χ1v) is 2.33. The molecule has 0 amide bonds. The van der Waals surface area contributed by atoms with Gasteiger partial charge in [0.2, 0.25) is 6.67 Å². The van der Waals surface area contributed by atoms with Crippen molar-refractivity contribution in [1.29, 1.82) is 0 Å². The molecule has 0 heterocycles. The van der Waals surface area contributed by atoms with Crippen molar-refractivity contribution in [3.8, 4) is 0 Å². The molecule has 12 heavy (non-hydrogen) atoms. The van der Waals surface area contributed by atoms with Gasteiger partial charge < -0.3 is 0 Å². The van der Waals surface area contributed by atoms with Gasteiger partial charge in [-0.05, 0) is 0 Å². The molecule has 0 aromatic carbocycles. The smallest absolute Gasteiger partial charge is 0.237 e. The van der Waals surface area contributed by atoms with Crippen molar-refractivity contribution in [2.24, 2.45) is 0 Å². The standard InChI is InChI=1S/C4HF8/c5-1-2(6,7)3(8,9)4(10,11)12/h1H. The monoisotopic (exact) mass is 201 g/mol. The average molecular weight is 201 g/mol. The maximum atomic E-state index is 11.6. The summed E-state index contributed by atoms with van der Waals surface area (Å²) in [5.41, 5.74) is 0. The van der Waals surface area contributed by atoms with Crippen molar-refractivity contribution in [2.75, 3.05) is 0 Å². The normalized spacial score (nSPS) is 15.0. The number of rotatable bonds is 2. The maximum absolute atomic E-state index is 11.6. The van der Waals surface area contributed by atoms with Crippen LogP contribution in [0.4, 0.5) is 35.1 Å². The highest BCUT2D eigenvalue weighted by molar-refractivity contribution is 4.95. The van der Waals surface area contributed by atoms with Crippen molar-refractivity contribution in [3.05, 3.63) is 6.67 Å². The second-order valence-electron chi connectivity index (χ2n) is 1.80. The molecule has 0 nitrogen and oxygen atoms in total. The van der Waals surface area contributed by atoms with Gasteiger partial charge in [-0.2, -0.15) is 30.7 Å². The van der Waals surface area contributed by atoms with E-state index >= 15 is 0 Å². The SMILES string of the molecule is F[CH]C(F)(F)C(F)(F)C(F)(F)F. The highest BCUT2D eigenvalue weighted by atomic mass is 19.4. The highest BCUT2D eigenvalue weighted by Crippen LogP contribution is 2.47. The summed E-state index contributed by atoms with van der Waals surface area (Å²) in [6, 6.07) is 0. The van der Waals surface area contributed by atoms with Crippen LogP contribution in [0.3, 0.4) is 0 Å². The summed E-state index contributed by atoms with van der Waals surface area (Å²) in [4.78, 5) is 0. The molecule has 0 saturated carbocycles. The van der Waals surface area contributed by atoms with Crippen molar-refractivity contribution in [3.63, 3.8) is 0 Å². The van der Waals surface area contributed by atoms with Gasteiger partial charge in [0.25, 0.3) is 0 Å². The van der Waals surface area contributed by atoms with E-state index in [0.717, 1.165) is 0 Å². The Morgan fingerprint density at radius 1 is 0.750 bits per heavy atom. The van der Waals surface area contributed by atoms with Crippen LogP contribution < -0.4 is 0 Å². The van der Waals surface area contributed by atoms with Gasteiger partial charge in [0.15, 0.2) is 0 Å². The second kappa shape index (κ2) is 2.74. The fourth-order valence-electron chi connectivity index (χ4n) is 0.257. The molecule has 0 unspecified atom stereocenters. The summed E-state index contributed by atoms with van der Waals surface area (Å²) in [6.07, 6.45) is -6.47. The molecule has 0 aliphatic carbocycles. The molecule has 73 valence electrons. The first-order valence-electron chi connectivity index (χ1n) is 2.33. The summed E-state index contributed by atoms with van der Waals surface area (Å²) in [5.74, 6) is -12.2. The van der Waals surface area contributed by atoms with Crippen molar-refractivity contribution < 1.29 is 35.1 Å². The summed E-state index contributed by atoms with van der Waals surface area (Å²) in [7, 11) is 0. The third-order valence-corrected chi connectivity index (χ3v) is 0.912. The van der Waals surface area contributed by atoms with E-state index in [1.807, 2.05) is 0 Å². The zero-order valence-corrected chi connectivity index (χ0v) is 5.10. The van der Waals surface area contributed by atoms with Gasteiger partial charge in [0.1, 0.15) is 0 Å². The van der Waals surface area contributed by atoms with Gasteiger partial charge in [0.05, 0.1) is 0 Å². The molecule has 0 fully saturated rings. The molecule has 0 rings (SSSR count). The summed E-state index contributed by atoms with van der Waals surface area (Å²) < 4.78 is 90.4. The van der Waals surface area contributed by atoms with Crippen LogP contribution in [0.2, 0.25) is 0 Å². The predicted molar refractivity (Wildman–Crippen MR) is 21.4 cm³/mol. The third-order valence-electron chi connectivity index (χ3n) is 0.912. The van der Waals surface area contributed by atoms with E-state index in [1.165, 1.54) is 0 Å². The zero-order valence-electron chi connectivity index (χ0n) is 5.10. The number of alkyl halides is 7. The largest absolute Gasteiger partial charge is 0.459 e. The lowest BCUT2D eigenvalue weighted by atomic mass is 10.2. The Bertz CT molecular complexity index is 155. The van der Waals surface area contributed by atoms with Crippen LogP contribution in [-0.4, -0.2) is 18.0 Å². The van der Waals surface area contributed by atoms with Crippen LogP contribution in [0, 0.1) is 6.67 Å². The van der Waals surface area contributed by atoms with Crippen molar-refractivity contribution in [2.45, 2.75) is 18.0 Å². The molecule has 0 aromatic heterocycles. The molecule has 1 radical (unpaired) electrons. The molecule has 0 bridgehead atoms. The molecule has 8 heteroatoms. The van der Waals surface area contributed by atoms with Gasteiger partial charge >= 0.3 is 18.0 Å². The molecule has 0 N–H and O–H groups in total. The van der Waals surface area contributed by atoms with Crippen LogP contribution in [0.15, 0.2) is 0 Å². The van der Waals surface area contributed by atoms with E-state index in [9.17, 15) is 35.1 Å². The number of halogens is 8. The average Bonchev–Trinajstić information content (AvgIpc) is 1.85. The fraction of sp³-hybridized carbons (Fsp3) is 0.750. The van der Waals surface area contributed by atoms with Crippen molar-refractivity contribution in [1.82, 2.24) is 0 Å². The minimum Gasteiger partial charge on any atom is -0.237 e. The Balaban J connectivity index is 4.85. The summed E-state index contributed by atoms with van der Waals surface area (Å²) in [6.45, 7) is -1.99. The highest BCUT2D eigenvalue weighted by Gasteiger charge is 2.73. The van der Waals surface area contributed by atoms with Crippen LogP contribution in [0.25, 0.3) is 0 Å².